The van der Waals surface area contributed by atoms with Gasteiger partial charge in [0.2, 0.25) is 0 Å². The van der Waals surface area contributed by atoms with Crippen LogP contribution in [0.2, 0.25) is 0 Å². The van der Waals surface area contributed by atoms with E-state index in [0.717, 1.165) is 10.9 Å². The van der Waals surface area contributed by atoms with Crippen LogP contribution in [0, 0.1) is 0 Å². The Balaban J connectivity index is 2.22. The Labute approximate surface area is 140 Å². The zero-order valence-electron chi connectivity index (χ0n) is 11.0. The van der Waals surface area contributed by atoms with Crippen molar-refractivity contribution in [3.63, 3.8) is 0 Å². The summed E-state index contributed by atoms with van der Waals surface area (Å²) in [5, 5.41) is 4.02. The molecule has 0 aliphatic heterocycles. The summed E-state index contributed by atoms with van der Waals surface area (Å²) in [4.78, 5) is 0.117. The first-order valence-corrected chi connectivity index (χ1v) is 9.19. The van der Waals surface area contributed by atoms with E-state index in [1.807, 2.05) is 6.07 Å². The molecule has 1 aromatic heterocycles. The predicted molar refractivity (Wildman–Crippen MR) is 88.5 cm³/mol. The third kappa shape index (κ3) is 4.29. The van der Waals surface area contributed by atoms with Crippen LogP contribution in [0.15, 0.2) is 44.4 Å². The summed E-state index contributed by atoms with van der Waals surface area (Å²) in [7, 11) is -3.67. The Morgan fingerprint density at radius 1 is 1.33 bits per heavy atom. The van der Waals surface area contributed by atoms with Crippen molar-refractivity contribution in [2.45, 2.75) is 17.9 Å². The summed E-state index contributed by atoms with van der Waals surface area (Å²) in [6, 6.07) is 5.25. The molecule has 9 heteroatoms. The van der Waals surface area contributed by atoms with E-state index in [1.54, 1.807) is 16.8 Å². The van der Waals surface area contributed by atoms with Crippen LogP contribution < -0.4 is 10.5 Å². The van der Waals surface area contributed by atoms with Crippen molar-refractivity contribution in [1.82, 2.24) is 9.78 Å². The number of aromatic nitrogens is 2. The second-order valence-electron chi connectivity index (χ2n) is 4.31. The van der Waals surface area contributed by atoms with E-state index in [1.165, 1.54) is 12.4 Å². The number of nitrogens with two attached hydrogens (primary N) is 1. The number of halogens is 2. The molecule has 0 bridgehead atoms. The average Bonchev–Trinajstić information content (AvgIpc) is 2.90. The van der Waals surface area contributed by atoms with Gasteiger partial charge < -0.3 is 5.73 Å². The van der Waals surface area contributed by atoms with E-state index < -0.39 is 10.0 Å². The number of nitrogens with one attached hydrogen (secondary N) is 1. The summed E-state index contributed by atoms with van der Waals surface area (Å²) in [6.07, 6.45) is 3.56. The Kier molecular flexibility index (Phi) is 5.42. The number of benzene rings is 1. The van der Waals surface area contributed by atoms with Gasteiger partial charge in [-0.25, -0.2) is 8.42 Å². The van der Waals surface area contributed by atoms with E-state index in [2.05, 4.69) is 41.7 Å². The molecule has 1 heterocycles. The van der Waals surface area contributed by atoms with E-state index in [0.29, 0.717) is 23.2 Å². The largest absolute Gasteiger partial charge is 0.330 e. The molecule has 0 saturated heterocycles. The molecule has 3 N–H and O–H groups in total. The van der Waals surface area contributed by atoms with Gasteiger partial charge in [-0.1, -0.05) is 15.9 Å². The molecular formula is C12H14Br2N4O2S. The highest BCUT2D eigenvalue weighted by molar-refractivity contribution is 9.11. The Bertz CT molecular complexity index is 731. The smallest absolute Gasteiger partial charge is 0.265 e. The minimum atomic E-state index is -3.67. The minimum Gasteiger partial charge on any atom is -0.330 e. The van der Waals surface area contributed by atoms with Crippen molar-refractivity contribution >= 4 is 47.6 Å². The van der Waals surface area contributed by atoms with Crippen molar-refractivity contribution in [1.29, 1.82) is 0 Å². The number of sulfonamides is 1. The number of hydrogen-bond acceptors (Lipinski definition) is 4. The fourth-order valence-electron chi connectivity index (χ4n) is 1.64. The van der Waals surface area contributed by atoms with Crippen molar-refractivity contribution in [2.24, 2.45) is 5.73 Å². The molecule has 0 atom stereocenters. The Morgan fingerprint density at radius 2 is 2.10 bits per heavy atom. The quantitative estimate of drug-likeness (QED) is 0.726. The molecule has 114 valence electrons. The molecule has 0 aliphatic rings. The van der Waals surface area contributed by atoms with E-state index >= 15 is 0 Å². The van der Waals surface area contributed by atoms with Gasteiger partial charge in [0, 0.05) is 21.7 Å². The molecular weight excluding hydrogens is 424 g/mol. The molecule has 1 aromatic carbocycles. The maximum Gasteiger partial charge on any atom is 0.265 e. The van der Waals surface area contributed by atoms with Gasteiger partial charge in [0.25, 0.3) is 10.0 Å². The lowest BCUT2D eigenvalue weighted by Gasteiger charge is -2.08. The topological polar surface area (TPSA) is 90.0 Å². The van der Waals surface area contributed by atoms with Crippen LogP contribution >= 0.6 is 31.9 Å². The van der Waals surface area contributed by atoms with Crippen molar-refractivity contribution in [3.05, 3.63) is 39.5 Å². The molecule has 21 heavy (non-hydrogen) atoms. The van der Waals surface area contributed by atoms with Crippen LogP contribution in [0.5, 0.6) is 0 Å². The first kappa shape index (κ1) is 16.5. The maximum absolute atomic E-state index is 12.3. The highest BCUT2D eigenvalue weighted by Crippen LogP contribution is 2.28. The molecule has 6 nitrogen and oxygen atoms in total. The molecule has 0 unspecified atom stereocenters. The lowest BCUT2D eigenvalue weighted by Crippen LogP contribution is -2.13. The Hall–Kier alpha value is -0.900. The lowest BCUT2D eigenvalue weighted by atomic mass is 10.3. The van der Waals surface area contributed by atoms with E-state index in [-0.39, 0.29) is 4.90 Å². The van der Waals surface area contributed by atoms with Crippen LogP contribution in [-0.4, -0.2) is 24.7 Å². The monoisotopic (exact) mass is 436 g/mol. The molecule has 2 aromatic rings. The Morgan fingerprint density at radius 3 is 2.81 bits per heavy atom. The number of rotatable bonds is 6. The standard InChI is InChI=1S/C12H14Br2N4O2S/c13-9-2-3-11(14)12(6-9)17-21(19,20)10-7-16-18(8-10)5-1-4-15/h2-3,6-8,17H,1,4-5,15H2. The summed E-state index contributed by atoms with van der Waals surface area (Å²) < 4.78 is 30.2. The van der Waals surface area contributed by atoms with Gasteiger partial charge in [-0.2, -0.15) is 5.10 Å². The van der Waals surface area contributed by atoms with Gasteiger partial charge >= 0.3 is 0 Å². The van der Waals surface area contributed by atoms with Crippen LogP contribution in [0.25, 0.3) is 0 Å². The average molecular weight is 438 g/mol. The van der Waals surface area contributed by atoms with Gasteiger partial charge in [-0.15, -0.1) is 0 Å². The number of hydrogen-bond donors (Lipinski definition) is 2. The second kappa shape index (κ2) is 6.91. The minimum absolute atomic E-state index is 0.117. The lowest BCUT2D eigenvalue weighted by molar-refractivity contribution is 0.582. The third-order valence-corrected chi connectivity index (χ3v) is 5.19. The number of anilines is 1. The molecule has 0 aliphatic carbocycles. The summed E-state index contributed by atoms with van der Waals surface area (Å²) in [6.45, 7) is 1.12. The van der Waals surface area contributed by atoms with Crippen molar-refractivity contribution in [2.75, 3.05) is 11.3 Å². The predicted octanol–water partition coefficient (Wildman–Crippen LogP) is 2.56. The highest BCUT2D eigenvalue weighted by Gasteiger charge is 2.18. The van der Waals surface area contributed by atoms with Gasteiger partial charge in [0.1, 0.15) is 4.90 Å². The van der Waals surface area contributed by atoms with Crippen LogP contribution in [-0.2, 0) is 16.6 Å². The van der Waals surface area contributed by atoms with E-state index in [9.17, 15) is 8.42 Å². The number of nitrogens with zero attached hydrogens (tertiary/aromatic N) is 2. The fourth-order valence-corrected chi connectivity index (χ4v) is 3.50. The third-order valence-electron chi connectivity index (χ3n) is 2.68. The van der Waals surface area contributed by atoms with Crippen LogP contribution in [0.3, 0.4) is 0 Å². The zero-order valence-corrected chi connectivity index (χ0v) is 14.9. The van der Waals surface area contributed by atoms with Gasteiger partial charge in [0.15, 0.2) is 0 Å². The normalized spacial score (nSPS) is 11.6. The zero-order chi connectivity index (χ0) is 15.5. The summed E-state index contributed by atoms with van der Waals surface area (Å²) in [5.74, 6) is 0. The van der Waals surface area contributed by atoms with Crippen molar-refractivity contribution < 1.29 is 8.42 Å². The van der Waals surface area contributed by atoms with Crippen molar-refractivity contribution in [3.8, 4) is 0 Å². The second-order valence-corrected chi connectivity index (χ2v) is 7.76. The van der Waals surface area contributed by atoms with Gasteiger partial charge in [-0.3, -0.25) is 9.40 Å². The molecule has 0 amide bonds. The molecule has 2 rings (SSSR count). The first-order valence-electron chi connectivity index (χ1n) is 6.13. The molecule has 0 spiro atoms. The summed E-state index contributed by atoms with van der Waals surface area (Å²) in [5.41, 5.74) is 5.88. The molecule has 0 radical (unpaired) electrons. The SMILES string of the molecule is NCCCn1cc(S(=O)(=O)Nc2cc(Br)ccc2Br)cn1. The summed E-state index contributed by atoms with van der Waals surface area (Å²) >= 11 is 6.62. The maximum atomic E-state index is 12.3. The highest BCUT2D eigenvalue weighted by atomic mass is 79.9. The fraction of sp³-hybridized carbons (Fsp3) is 0.250. The molecule has 0 fully saturated rings. The van der Waals surface area contributed by atoms with Gasteiger partial charge in [0.05, 0.1) is 11.9 Å². The van der Waals surface area contributed by atoms with Crippen LogP contribution in [0.4, 0.5) is 5.69 Å². The molecule has 0 saturated carbocycles. The first-order chi connectivity index (χ1) is 9.92. The van der Waals surface area contributed by atoms with Gasteiger partial charge in [-0.05, 0) is 47.1 Å². The number of aryl methyl sites for hydroxylation is 1. The van der Waals surface area contributed by atoms with E-state index in [4.69, 9.17) is 5.73 Å². The van der Waals surface area contributed by atoms with Crippen LogP contribution in [0.1, 0.15) is 6.42 Å².